The Hall–Kier alpha value is -2.55. The van der Waals surface area contributed by atoms with Gasteiger partial charge in [-0.05, 0) is 18.1 Å². The van der Waals surface area contributed by atoms with Gasteiger partial charge in [0.2, 0.25) is 5.95 Å². The lowest BCUT2D eigenvalue weighted by Crippen LogP contribution is -2.35. The zero-order chi connectivity index (χ0) is 17.0. The molecule has 0 aromatic carbocycles. The van der Waals surface area contributed by atoms with Crippen molar-refractivity contribution in [3.63, 3.8) is 0 Å². The van der Waals surface area contributed by atoms with Gasteiger partial charge in [0.15, 0.2) is 9.84 Å². The summed E-state index contributed by atoms with van der Waals surface area (Å²) in [5, 5.41) is 5.74. The van der Waals surface area contributed by atoms with Gasteiger partial charge in [-0.15, -0.1) is 0 Å². The Balaban J connectivity index is 1.55. The second-order valence-electron chi connectivity index (χ2n) is 5.58. The van der Waals surface area contributed by atoms with Gasteiger partial charge < -0.3 is 10.6 Å². The summed E-state index contributed by atoms with van der Waals surface area (Å²) in [4.78, 5) is 24.3. The Morgan fingerprint density at radius 3 is 2.67 bits per heavy atom. The molecule has 2 aromatic heterocycles. The summed E-state index contributed by atoms with van der Waals surface area (Å²) in [6, 6.07) is 3.43. The van der Waals surface area contributed by atoms with Crippen LogP contribution in [0, 0.1) is 0 Å². The van der Waals surface area contributed by atoms with Crippen molar-refractivity contribution < 1.29 is 13.2 Å². The summed E-state index contributed by atoms with van der Waals surface area (Å²) >= 11 is 0. The number of carbonyl (C=O) groups excluding carboxylic acids is 1. The van der Waals surface area contributed by atoms with E-state index in [1.807, 2.05) is 12.1 Å². The number of nitrogens with zero attached hydrogens (tertiary/aromatic N) is 3. The average Bonchev–Trinajstić information content (AvgIpc) is 2.93. The molecule has 0 bridgehead atoms. The summed E-state index contributed by atoms with van der Waals surface area (Å²) in [6.07, 6.45) is 6.71. The number of aromatic nitrogens is 3. The van der Waals surface area contributed by atoms with Crippen molar-refractivity contribution in [2.24, 2.45) is 0 Å². The molecular weight excluding hydrogens is 330 g/mol. The smallest absolute Gasteiger partial charge is 0.254 e. The second-order valence-corrected chi connectivity index (χ2v) is 7.81. The van der Waals surface area contributed by atoms with Crippen LogP contribution in [0.4, 0.5) is 5.95 Å². The summed E-state index contributed by atoms with van der Waals surface area (Å²) in [5.74, 6) is 0.144. The minimum atomic E-state index is -3.02. The summed E-state index contributed by atoms with van der Waals surface area (Å²) in [6.45, 7) is 0.527. The Bertz CT molecular complexity index is 809. The average molecular weight is 347 g/mol. The van der Waals surface area contributed by atoms with E-state index in [9.17, 15) is 13.2 Å². The Kier molecular flexibility index (Phi) is 4.70. The predicted octanol–water partition coefficient (Wildman–Crippen LogP) is 0.401. The first kappa shape index (κ1) is 16.3. The van der Waals surface area contributed by atoms with Crippen molar-refractivity contribution >= 4 is 21.7 Å². The number of sulfone groups is 1. The fourth-order valence-corrected chi connectivity index (χ4v) is 4.07. The third kappa shape index (κ3) is 4.25. The van der Waals surface area contributed by atoms with Gasteiger partial charge in [-0.1, -0.05) is 6.07 Å². The lowest BCUT2D eigenvalue weighted by Gasteiger charge is -2.10. The molecule has 2 aromatic rings. The van der Waals surface area contributed by atoms with Crippen LogP contribution in [0.25, 0.3) is 0 Å². The van der Waals surface area contributed by atoms with Gasteiger partial charge in [-0.2, -0.15) is 0 Å². The number of amides is 1. The van der Waals surface area contributed by atoms with Gasteiger partial charge in [-0.3, -0.25) is 9.78 Å². The molecule has 1 fully saturated rings. The van der Waals surface area contributed by atoms with E-state index in [-0.39, 0.29) is 23.5 Å². The number of nitrogens with one attached hydrogen (secondary N) is 2. The van der Waals surface area contributed by atoms with Gasteiger partial charge in [-0.25, -0.2) is 18.4 Å². The fourth-order valence-electron chi connectivity index (χ4n) is 2.40. The first-order valence-electron chi connectivity index (χ1n) is 7.48. The Labute approximate surface area is 139 Å². The summed E-state index contributed by atoms with van der Waals surface area (Å²) < 4.78 is 22.8. The standard InChI is InChI=1S/C15H17N5O3S/c21-14(20-13-3-5-24(22,23)10-13)12-8-18-15(19-9-12)17-7-11-2-1-4-16-6-11/h1-2,4,6,8-9,13H,3,5,7,10H2,(H,20,21)(H,17,18,19). The zero-order valence-electron chi connectivity index (χ0n) is 12.8. The molecule has 126 valence electrons. The van der Waals surface area contributed by atoms with Gasteiger partial charge in [0.1, 0.15) is 0 Å². The van der Waals surface area contributed by atoms with Crippen molar-refractivity contribution in [1.82, 2.24) is 20.3 Å². The largest absolute Gasteiger partial charge is 0.350 e. The van der Waals surface area contributed by atoms with Crippen LogP contribution >= 0.6 is 0 Å². The first-order valence-corrected chi connectivity index (χ1v) is 9.30. The molecule has 24 heavy (non-hydrogen) atoms. The number of anilines is 1. The van der Waals surface area contributed by atoms with Gasteiger partial charge >= 0.3 is 0 Å². The summed E-state index contributed by atoms with van der Waals surface area (Å²) in [5.41, 5.74) is 1.29. The fraction of sp³-hybridized carbons (Fsp3) is 0.333. The normalized spacial score (nSPS) is 18.9. The molecule has 9 heteroatoms. The van der Waals surface area contributed by atoms with E-state index in [0.717, 1.165) is 5.56 Å². The van der Waals surface area contributed by atoms with Crippen LogP contribution in [-0.4, -0.2) is 46.8 Å². The molecule has 1 amide bonds. The Morgan fingerprint density at radius 2 is 2.04 bits per heavy atom. The lowest BCUT2D eigenvalue weighted by molar-refractivity contribution is 0.0940. The topological polar surface area (TPSA) is 114 Å². The molecule has 8 nitrogen and oxygen atoms in total. The summed E-state index contributed by atoms with van der Waals surface area (Å²) in [7, 11) is -3.02. The van der Waals surface area contributed by atoms with Crippen molar-refractivity contribution in [1.29, 1.82) is 0 Å². The molecule has 2 N–H and O–H groups in total. The maximum absolute atomic E-state index is 12.1. The predicted molar refractivity (Wildman–Crippen MR) is 88.1 cm³/mol. The highest BCUT2D eigenvalue weighted by molar-refractivity contribution is 7.91. The number of pyridine rings is 1. The van der Waals surface area contributed by atoms with Crippen molar-refractivity contribution in [3.8, 4) is 0 Å². The zero-order valence-corrected chi connectivity index (χ0v) is 13.7. The van der Waals surface area contributed by atoms with Gasteiger partial charge in [0, 0.05) is 37.4 Å². The highest BCUT2D eigenvalue weighted by atomic mass is 32.2. The first-order chi connectivity index (χ1) is 11.5. The second kappa shape index (κ2) is 6.91. The molecule has 1 saturated heterocycles. The van der Waals surface area contributed by atoms with E-state index in [2.05, 4.69) is 25.6 Å². The van der Waals surface area contributed by atoms with E-state index in [0.29, 0.717) is 24.5 Å². The molecule has 1 aliphatic heterocycles. The molecule has 3 heterocycles. The molecule has 3 rings (SSSR count). The van der Waals surface area contributed by atoms with Crippen LogP contribution in [0.5, 0.6) is 0 Å². The van der Waals surface area contributed by atoms with E-state index in [1.54, 1.807) is 12.4 Å². The van der Waals surface area contributed by atoms with Gasteiger partial charge in [0.05, 0.1) is 17.1 Å². The van der Waals surface area contributed by atoms with Crippen LogP contribution in [0.2, 0.25) is 0 Å². The molecular formula is C15H17N5O3S. The van der Waals surface area contributed by atoms with Crippen molar-refractivity contribution in [2.45, 2.75) is 19.0 Å². The minimum Gasteiger partial charge on any atom is -0.350 e. The van der Waals surface area contributed by atoms with Crippen LogP contribution in [0.15, 0.2) is 36.9 Å². The molecule has 1 aliphatic rings. The van der Waals surface area contributed by atoms with Crippen LogP contribution < -0.4 is 10.6 Å². The van der Waals surface area contributed by atoms with Gasteiger partial charge in [0.25, 0.3) is 5.91 Å². The Morgan fingerprint density at radius 1 is 1.25 bits per heavy atom. The third-order valence-electron chi connectivity index (χ3n) is 3.66. The molecule has 0 radical (unpaired) electrons. The van der Waals surface area contributed by atoms with Crippen LogP contribution in [-0.2, 0) is 16.4 Å². The quantitative estimate of drug-likeness (QED) is 0.804. The van der Waals surface area contributed by atoms with Crippen LogP contribution in [0.3, 0.4) is 0 Å². The molecule has 0 aliphatic carbocycles. The van der Waals surface area contributed by atoms with Crippen molar-refractivity contribution in [3.05, 3.63) is 48.0 Å². The molecule has 0 spiro atoms. The monoisotopic (exact) mass is 347 g/mol. The number of hydrogen-bond donors (Lipinski definition) is 2. The SMILES string of the molecule is O=C(NC1CCS(=O)(=O)C1)c1cnc(NCc2cccnc2)nc1. The lowest BCUT2D eigenvalue weighted by atomic mass is 10.2. The van der Waals surface area contributed by atoms with E-state index >= 15 is 0 Å². The molecule has 1 atom stereocenters. The van der Waals surface area contributed by atoms with E-state index < -0.39 is 9.84 Å². The van der Waals surface area contributed by atoms with E-state index in [1.165, 1.54) is 12.4 Å². The van der Waals surface area contributed by atoms with E-state index in [4.69, 9.17) is 0 Å². The number of rotatable bonds is 5. The highest BCUT2D eigenvalue weighted by Crippen LogP contribution is 2.12. The maximum Gasteiger partial charge on any atom is 0.254 e. The number of hydrogen-bond acceptors (Lipinski definition) is 7. The highest BCUT2D eigenvalue weighted by Gasteiger charge is 2.29. The van der Waals surface area contributed by atoms with Crippen LogP contribution in [0.1, 0.15) is 22.3 Å². The number of carbonyl (C=O) groups is 1. The molecule has 0 saturated carbocycles. The third-order valence-corrected chi connectivity index (χ3v) is 5.42. The molecule has 1 unspecified atom stereocenters. The minimum absolute atomic E-state index is 0.00958. The van der Waals surface area contributed by atoms with Crippen molar-refractivity contribution in [2.75, 3.05) is 16.8 Å². The maximum atomic E-state index is 12.1.